The minimum absolute atomic E-state index is 0.00407. The Morgan fingerprint density at radius 1 is 1.32 bits per heavy atom. The summed E-state index contributed by atoms with van der Waals surface area (Å²) in [6.07, 6.45) is -0.527. The summed E-state index contributed by atoms with van der Waals surface area (Å²) in [6, 6.07) is 9.73. The second kappa shape index (κ2) is 6.23. The number of benzene rings is 2. The van der Waals surface area contributed by atoms with E-state index in [1.807, 2.05) is 22.8 Å². The van der Waals surface area contributed by atoms with Crippen LogP contribution in [0.3, 0.4) is 0 Å². The average molecular weight is 430 g/mol. The Hall–Kier alpha value is -1.70. The molecule has 2 heterocycles. The number of aliphatic hydroxyl groups excluding tert-OH is 1. The monoisotopic (exact) mass is 428 g/mol. The van der Waals surface area contributed by atoms with Crippen molar-refractivity contribution in [2.75, 3.05) is 0 Å². The van der Waals surface area contributed by atoms with Gasteiger partial charge in [-0.1, -0.05) is 33.6 Å². The Labute approximate surface area is 155 Å². The molecule has 2 atom stereocenters. The summed E-state index contributed by atoms with van der Waals surface area (Å²) in [4.78, 5) is 4.47. The molecule has 1 aliphatic heterocycles. The molecule has 8 heteroatoms. The average Bonchev–Trinajstić information content (AvgIpc) is 3.05. The van der Waals surface area contributed by atoms with Gasteiger partial charge in [-0.25, -0.2) is 4.98 Å². The lowest BCUT2D eigenvalue weighted by Gasteiger charge is -2.20. The van der Waals surface area contributed by atoms with Crippen LogP contribution in [0, 0.1) is 0 Å². The predicted octanol–water partition coefficient (Wildman–Crippen LogP) is 5.08. The molecule has 2 aromatic carbocycles. The zero-order chi connectivity index (χ0) is 17.7. The van der Waals surface area contributed by atoms with E-state index in [1.54, 1.807) is 12.1 Å². The highest BCUT2D eigenvalue weighted by atomic mass is 79.9. The first kappa shape index (κ1) is 16.8. The maximum Gasteiger partial charge on any atom is 0.387 e. The summed E-state index contributed by atoms with van der Waals surface area (Å²) < 4.78 is 32.9. The summed E-state index contributed by atoms with van der Waals surface area (Å²) in [7, 11) is 0. The standard InChI is InChI=1S/C17H12BrClF2N2O2/c18-8-4-5-10-11(6-8)23-12(7-13(24)16(23)22-10)15-9(19)2-1-3-14(15)25-17(20)21/h1-6,12-13,17,24H,7H2/t12-,13+/m1/s1. The van der Waals surface area contributed by atoms with Crippen LogP contribution >= 0.6 is 27.5 Å². The Bertz CT molecular complexity index is 963. The number of rotatable bonds is 3. The lowest BCUT2D eigenvalue weighted by Crippen LogP contribution is -2.11. The van der Waals surface area contributed by atoms with Gasteiger partial charge in [-0.05, 0) is 30.3 Å². The summed E-state index contributed by atoms with van der Waals surface area (Å²) in [5.74, 6) is 0.491. The topological polar surface area (TPSA) is 47.3 Å². The van der Waals surface area contributed by atoms with Crippen molar-refractivity contribution in [3.8, 4) is 5.75 Å². The number of alkyl halides is 2. The Morgan fingerprint density at radius 3 is 2.88 bits per heavy atom. The smallest absolute Gasteiger partial charge is 0.387 e. The molecule has 4 rings (SSSR count). The zero-order valence-electron chi connectivity index (χ0n) is 12.7. The molecule has 3 aromatic rings. The number of nitrogens with zero attached hydrogens (tertiary/aromatic N) is 2. The van der Waals surface area contributed by atoms with Gasteiger partial charge in [0, 0.05) is 21.5 Å². The highest BCUT2D eigenvalue weighted by molar-refractivity contribution is 9.10. The van der Waals surface area contributed by atoms with Crippen molar-refractivity contribution in [1.29, 1.82) is 0 Å². The van der Waals surface area contributed by atoms with Gasteiger partial charge in [-0.3, -0.25) is 0 Å². The third-order valence-electron chi connectivity index (χ3n) is 4.30. The third-order valence-corrected chi connectivity index (χ3v) is 5.12. The molecule has 0 unspecified atom stereocenters. The molecule has 0 aliphatic carbocycles. The molecule has 0 bridgehead atoms. The molecular weight excluding hydrogens is 418 g/mol. The second-order valence-corrected chi connectivity index (χ2v) is 7.09. The van der Waals surface area contributed by atoms with Crippen molar-refractivity contribution in [3.63, 3.8) is 0 Å². The molecule has 130 valence electrons. The number of hydrogen-bond donors (Lipinski definition) is 1. The normalized spacial score (nSPS) is 19.6. The lowest BCUT2D eigenvalue weighted by molar-refractivity contribution is -0.0507. The van der Waals surface area contributed by atoms with Crippen LogP contribution in [0.25, 0.3) is 11.0 Å². The first-order valence-corrected chi connectivity index (χ1v) is 8.71. The van der Waals surface area contributed by atoms with Crippen LogP contribution in [0.2, 0.25) is 5.02 Å². The van der Waals surface area contributed by atoms with Gasteiger partial charge in [0.2, 0.25) is 0 Å². The van der Waals surface area contributed by atoms with Crippen LogP contribution < -0.4 is 4.74 Å². The van der Waals surface area contributed by atoms with E-state index in [0.717, 1.165) is 9.99 Å². The Morgan fingerprint density at radius 2 is 2.12 bits per heavy atom. The van der Waals surface area contributed by atoms with Crippen molar-refractivity contribution in [1.82, 2.24) is 9.55 Å². The van der Waals surface area contributed by atoms with E-state index in [-0.39, 0.29) is 12.2 Å². The number of ether oxygens (including phenoxy) is 1. The number of fused-ring (bicyclic) bond motifs is 3. The van der Waals surface area contributed by atoms with Gasteiger partial charge >= 0.3 is 6.61 Å². The highest BCUT2D eigenvalue weighted by Gasteiger charge is 2.36. The molecule has 0 saturated carbocycles. The van der Waals surface area contributed by atoms with E-state index in [1.165, 1.54) is 6.07 Å². The summed E-state index contributed by atoms with van der Waals surface area (Å²) in [5.41, 5.74) is 1.92. The molecule has 1 N–H and O–H groups in total. The minimum atomic E-state index is -2.96. The largest absolute Gasteiger partial charge is 0.434 e. The minimum Gasteiger partial charge on any atom is -0.434 e. The fourth-order valence-electron chi connectivity index (χ4n) is 3.36. The van der Waals surface area contributed by atoms with Gasteiger partial charge in [0.15, 0.2) is 0 Å². The van der Waals surface area contributed by atoms with Gasteiger partial charge in [-0.15, -0.1) is 0 Å². The number of aromatic nitrogens is 2. The van der Waals surface area contributed by atoms with Crippen molar-refractivity contribution in [2.24, 2.45) is 0 Å². The fraction of sp³-hybridized carbons (Fsp3) is 0.235. The van der Waals surface area contributed by atoms with Crippen LogP contribution in [0.1, 0.15) is 30.0 Å². The Balaban J connectivity index is 1.93. The van der Waals surface area contributed by atoms with Crippen LogP contribution in [-0.2, 0) is 0 Å². The van der Waals surface area contributed by atoms with Gasteiger partial charge < -0.3 is 14.4 Å². The molecule has 25 heavy (non-hydrogen) atoms. The van der Waals surface area contributed by atoms with Gasteiger partial charge in [0.1, 0.15) is 17.7 Å². The van der Waals surface area contributed by atoms with E-state index >= 15 is 0 Å². The van der Waals surface area contributed by atoms with Crippen molar-refractivity contribution >= 4 is 38.6 Å². The number of imidazole rings is 1. The van der Waals surface area contributed by atoms with Gasteiger partial charge in [0.25, 0.3) is 0 Å². The summed E-state index contributed by atoms with van der Waals surface area (Å²) in [5, 5.41) is 10.7. The van der Waals surface area contributed by atoms with Crippen LogP contribution in [-0.4, -0.2) is 21.3 Å². The van der Waals surface area contributed by atoms with E-state index in [4.69, 9.17) is 11.6 Å². The zero-order valence-corrected chi connectivity index (χ0v) is 15.0. The van der Waals surface area contributed by atoms with E-state index in [2.05, 4.69) is 25.7 Å². The molecule has 1 aromatic heterocycles. The molecule has 0 fully saturated rings. The molecule has 0 amide bonds. The number of halogens is 4. The van der Waals surface area contributed by atoms with E-state index in [9.17, 15) is 13.9 Å². The number of hydrogen-bond acceptors (Lipinski definition) is 3. The van der Waals surface area contributed by atoms with Crippen molar-refractivity contribution in [3.05, 3.63) is 57.3 Å². The first-order chi connectivity index (χ1) is 12.0. The fourth-order valence-corrected chi connectivity index (χ4v) is 4.00. The summed E-state index contributed by atoms with van der Waals surface area (Å²) in [6.45, 7) is -2.96. The van der Waals surface area contributed by atoms with E-state index in [0.29, 0.717) is 21.9 Å². The van der Waals surface area contributed by atoms with Crippen LogP contribution in [0.15, 0.2) is 40.9 Å². The van der Waals surface area contributed by atoms with Gasteiger partial charge in [0.05, 0.1) is 17.1 Å². The van der Waals surface area contributed by atoms with Crippen molar-refractivity contribution in [2.45, 2.75) is 25.2 Å². The third kappa shape index (κ3) is 2.80. The predicted molar refractivity (Wildman–Crippen MR) is 93.2 cm³/mol. The van der Waals surface area contributed by atoms with E-state index < -0.39 is 18.8 Å². The number of aliphatic hydroxyl groups is 1. The highest BCUT2D eigenvalue weighted by Crippen LogP contribution is 2.46. The van der Waals surface area contributed by atoms with Crippen molar-refractivity contribution < 1.29 is 18.6 Å². The first-order valence-electron chi connectivity index (χ1n) is 7.54. The summed E-state index contributed by atoms with van der Waals surface area (Å²) >= 11 is 9.73. The second-order valence-electron chi connectivity index (χ2n) is 5.77. The molecule has 1 aliphatic rings. The maximum atomic E-state index is 12.8. The lowest BCUT2D eigenvalue weighted by atomic mass is 10.0. The van der Waals surface area contributed by atoms with Crippen LogP contribution in [0.5, 0.6) is 5.75 Å². The molecule has 0 spiro atoms. The quantitative estimate of drug-likeness (QED) is 0.631. The molecular formula is C17H12BrClF2N2O2. The van der Waals surface area contributed by atoms with Gasteiger partial charge in [-0.2, -0.15) is 8.78 Å². The molecule has 4 nitrogen and oxygen atoms in total. The molecule has 0 saturated heterocycles. The van der Waals surface area contributed by atoms with Crippen LogP contribution in [0.4, 0.5) is 8.78 Å². The SMILES string of the molecule is O[C@H]1C[C@H](c2c(Cl)cccc2OC(F)F)n2c1nc1ccc(Br)cc12. The molecule has 0 radical (unpaired) electrons. The maximum absolute atomic E-state index is 12.8. The Kier molecular flexibility index (Phi) is 4.17.